The summed E-state index contributed by atoms with van der Waals surface area (Å²) in [7, 11) is 0. The topological polar surface area (TPSA) is 74.0 Å². The van der Waals surface area contributed by atoms with Gasteiger partial charge < -0.3 is 15.6 Å². The molecule has 1 aromatic heterocycles. The summed E-state index contributed by atoms with van der Waals surface area (Å²) in [5.41, 5.74) is 2.38. The minimum absolute atomic E-state index is 0.124. The van der Waals surface area contributed by atoms with Crippen molar-refractivity contribution in [2.75, 3.05) is 11.9 Å². The summed E-state index contributed by atoms with van der Waals surface area (Å²) in [6.45, 7) is -0.124. The number of anilines is 1. The molecule has 3 rings (SSSR count). The van der Waals surface area contributed by atoms with Gasteiger partial charge in [-0.2, -0.15) is 0 Å². The number of hydrogen-bond acceptors (Lipinski definition) is 2. The first-order valence-electron chi connectivity index (χ1n) is 7.59. The molecule has 0 aliphatic heterocycles. The molecule has 7 heteroatoms. The number of para-hydroxylation sites is 1. The van der Waals surface area contributed by atoms with E-state index in [1.165, 1.54) is 0 Å². The zero-order valence-corrected chi connectivity index (χ0v) is 14.6. The number of carbonyl (C=O) groups is 2. The molecule has 0 bridgehead atoms. The van der Waals surface area contributed by atoms with Gasteiger partial charge in [0.05, 0.1) is 23.0 Å². The molecule has 0 unspecified atom stereocenters. The maximum atomic E-state index is 12.1. The second-order valence-corrected chi connectivity index (χ2v) is 6.30. The van der Waals surface area contributed by atoms with Crippen molar-refractivity contribution in [2.45, 2.75) is 6.42 Å². The van der Waals surface area contributed by atoms with Gasteiger partial charge in [0.1, 0.15) is 0 Å². The number of carbonyl (C=O) groups excluding carboxylic acids is 2. The van der Waals surface area contributed by atoms with Crippen LogP contribution in [0.25, 0.3) is 10.9 Å². The quantitative estimate of drug-likeness (QED) is 0.634. The van der Waals surface area contributed by atoms with Crippen LogP contribution in [0, 0.1) is 0 Å². The summed E-state index contributed by atoms with van der Waals surface area (Å²) in [4.78, 5) is 27.1. The lowest BCUT2D eigenvalue weighted by Gasteiger charge is -2.08. The summed E-state index contributed by atoms with van der Waals surface area (Å²) >= 11 is 11.7. The lowest BCUT2D eigenvalue weighted by atomic mass is 10.1. The van der Waals surface area contributed by atoms with Crippen LogP contribution in [0.4, 0.5) is 5.69 Å². The number of aromatic amines is 1. The van der Waals surface area contributed by atoms with Crippen molar-refractivity contribution in [3.63, 3.8) is 0 Å². The maximum absolute atomic E-state index is 12.1. The van der Waals surface area contributed by atoms with Crippen molar-refractivity contribution in [1.82, 2.24) is 10.3 Å². The summed E-state index contributed by atoms with van der Waals surface area (Å²) in [5, 5.41) is 7.02. The molecule has 128 valence electrons. The van der Waals surface area contributed by atoms with E-state index in [-0.39, 0.29) is 24.8 Å². The largest absolute Gasteiger partial charge is 0.361 e. The predicted octanol–water partition coefficient (Wildman–Crippen LogP) is 3.77. The SMILES string of the molecule is O=C(Cc1c[nH]c2ccccc12)NCC(=O)Nc1ccc(Cl)c(Cl)c1. The number of fused-ring (bicyclic) bond motifs is 1. The minimum atomic E-state index is -0.342. The van der Waals surface area contributed by atoms with Crippen molar-refractivity contribution in [3.8, 4) is 0 Å². The molecule has 0 atom stereocenters. The normalized spacial score (nSPS) is 10.6. The fraction of sp³-hybridized carbons (Fsp3) is 0.111. The molecule has 0 aliphatic carbocycles. The Morgan fingerprint density at radius 1 is 1.00 bits per heavy atom. The smallest absolute Gasteiger partial charge is 0.243 e. The molecule has 2 aromatic carbocycles. The van der Waals surface area contributed by atoms with Gasteiger partial charge in [-0.3, -0.25) is 9.59 Å². The van der Waals surface area contributed by atoms with E-state index in [2.05, 4.69) is 15.6 Å². The van der Waals surface area contributed by atoms with Gasteiger partial charge in [0.15, 0.2) is 0 Å². The van der Waals surface area contributed by atoms with E-state index in [9.17, 15) is 9.59 Å². The van der Waals surface area contributed by atoms with E-state index >= 15 is 0 Å². The predicted molar refractivity (Wildman–Crippen MR) is 100 cm³/mol. The highest BCUT2D eigenvalue weighted by molar-refractivity contribution is 6.42. The van der Waals surface area contributed by atoms with E-state index in [0.717, 1.165) is 16.5 Å². The van der Waals surface area contributed by atoms with Gasteiger partial charge in [-0.25, -0.2) is 0 Å². The zero-order valence-electron chi connectivity index (χ0n) is 13.1. The van der Waals surface area contributed by atoms with Crippen LogP contribution in [-0.4, -0.2) is 23.3 Å². The molecular formula is C18H15Cl2N3O2. The van der Waals surface area contributed by atoms with Crippen LogP contribution in [0.5, 0.6) is 0 Å². The molecule has 3 N–H and O–H groups in total. The lowest BCUT2D eigenvalue weighted by Crippen LogP contribution is -2.33. The minimum Gasteiger partial charge on any atom is -0.361 e. The van der Waals surface area contributed by atoms with Gasteiger partial charge in [-0.05, 0) is 29.8 Å². The number of benzene rings is 2. The summed E-state index contributed by atoms with van der Waals surface area (Å²) in [5.74, 6) is -0.570. The van der Waals surface area contributed by atoms with Gasteiger partial charge in [-0.1, -0.05) is 41.4 Å². The third-order valence-corrected chi connectivity index (χ3v) is 4.41. The third kappa shape index (κ3) is 4.32. The van der Waals surface area contributed by atoms with Gasteiger partial charge >= 0.3 is 0 Å². The number of halogens is 2. The summed E-state index contributed by atoms with van der Waals surface area (Å²) in [6, 6.07) is 12.5. The lowest BCUT2D eigenvalue weighted by molar-refractivity contribution is -0.123. The molecule has 1 heterocycles. The number of hydrogen-bond donors (Lipinski definition) is 3. The third-order valence-electron chi connectivity index (χ3n) is 3.68. The summed E-state index contributed by atoms with van der Waals surface area (Å²) < 4.78 is 0. The molecule has 3 aromatic rings. The fourth-order valence-electron chi connectivity index (χ4n) is 2.47. The highest BCUT2D eigenvalue weighted by atomic mass is 35.5. The Balaban J connectivity index is 1.53. The highest BCUT2D eigenvalue weighted by Crippen LogP contribution is 2.24. The molecule has 5 nitrogen and oxygen atoms in total. The molecule has 0 fully saturated rings. The number of nitrogens with one attached hydrogen (secondary N) is 3. The Morgan fingerprint density at radius 2 is 1.80 bits per heavy atom. The number of rotatable bonds is 5. The second kappa shape index (κ2) is 7.59. The number of amides is 2. The average Bonchev–Trinajstić information content (AvgIpc) is 2.99. The fourth-order valence-corrected chi connectivity index (χ4v) is 2.77. The molecule has 25 heavy (non-hydrogen) atoms. The molecule has 2 amide bonds. The first-order valence-corrected chi connectivity index (χ1v) is 8.35. The Morgan fingerprint density at radius 3 is 2.60 bits per heavy atom. The maximum Gasteiger partial charge on any atom is 0.243 e. The monoisotopic (exact) mass is 375 g/mol. The molecule has 0 spiro atoms. The Hall–Kier alpha value is -2.50. The van der Waals surface area contributed by atoms with Crippen LogP contribution >= 0.6 is 23.2 Å². The van der Waals surface area contributed by atoms with Crippen molar-refractivity contribution in [3.05, 3.63) is 64.3 Å². The van der Waals surface area contributed by atoms with Crippen LogP contribution in [0.3, 0.4) is 0 Å². The number of aromatic nitrogens is 1. The van der Waals surface area contributed by atoms with E-state index in [1.807, 2.05) is 24.3 Å². The van der Waals surface area contributed by atoms with E-state index in [1.54, 1.807) is 24.4 Å². The zero-order chi connectivity index (χ0) is 17.8. The van der Waals surface area contributed by atoms with Crippen molar-refractivity contribution < 1.29 is 9.59 Å². The number of H-pyrrole nitrogens is 1. The highest BCUT2D eigenvalue weighted by Gasteiger charge is 2.10. The van der Waals surface area contributed by atoms with E-state index < -0.39 is 0 Å². The second-order valence-electron chi connectivity index (χ2n) is 5.49. The van der Waals surface area contributed by atoms with Crippen LogP contribution in [0.2, 0.25) is 10.0 Å². The van der Waals surface area contributed by atoms with Gasteiger partial charge in [0, 0.05) is 22.8 Å². The molecule has 0 saturated carbocycles. The molecule has 0 radical (unpaired) electrons. The summed E-state index contributed by atoms with van der Waals surface area (Å²) in [6.07, 6.45) is 2.00. The Bertz CT molecular complexity index is 937. The Kier molecular flexibility index (Phi) is 5.26. The molecular weight excluding hydrogens is 361 g/mol. The van der Waals surface area contributed by atoms with E-state index in [4.69, 9.17) is 23.2 Å². The van der Waals surface area contributed by atoms with Crippen molar-refractivity contribution in [1.29, 1.82) is 0 Å². The van der Waals surface area contributed by atoms with Crippen LogP contribution < -0.4 is 10.6 Å². The van der Waals surface area contributed by atoms with Gasteiger partial charge in [-0.15, -0.1) is 0 Å². The van der Waals surface area contributed by atoms with Gasteiger partial charge in [0.25, 0.3) is 0 Å². The molecule has 0 aliphatic rings. The first kappa shape index (κ1) is 17.3. The van der Waals surface area contributed by atoms with Gasteiger partial charge in [0.2, 0.25) is 11.8 Å². The van der Waals surface area contributed by atoms with E-state index in [0.29, 0.717) is 15.7 Å². The van der Waals surface area contributed by atoms with Crippen LogP contribution in [0.15, 0.2) is 48.7 Å². The standard InChI is InChI=1S/C18H15Cl2N3O2/c19-14-6-5-12(8-15(14)20)23-18(25)10-22-17(24)7-11-9-21-16-4-2-1-3-13(11)16/h1-6,8-9,21H,7,10H2,(H,22,24)(H,23,25). The molecule has 0 saturated heterocycles. The first-order chi connectivity index (χ1) is 12.0. The Labute approximate surface area is 154 Å². The van der Waals surface area contributed by atoms with Crippen LogP contribution in [-0.2, 0) is 16.0 Å². The average molecular weight is 376 g/mol. The van der Waals surface area contributed by atoms with Crippen molar-refractivity contribution >= 4 is 51.6 Å². The van der Waals surface area contributed by atoms with Crippen molar-refractivity contribution in [2.24, 2.45) is 0 Å². The van der Waals surface area contributed by atoms with Crippen LogP contribution in [0.1, 0.15) is 5.56 Å².